The van der Waals surface area contributed by atoms with E-state index in [1.165, 1.54) is 4.57 Å². The van der Waals surface area contributed by atoms with Gasteiger partial charge in [0, 0.05) is 77.8 Å². The van der Waals surface area contributed by atoms with Crippen LogP contribution < -0.4 is 5.76 Å². The first-order valence-electron chi connectivity index (χ1n) is 3.82. The summed E-state index contributed by atoms with van der Waals surface area (Å²) in [5, 5.41) is 3.58. The van der Waals surface area contributed by atoms with Crippen LogP contribution in [-0.2, 0) is 46.7 Å². The zero-order valence-electron chi connectivity index (χ0n) is 8.80. The molecule has 0 saturated carbocycles. The number of aromatic nitrogens is 2. The molecule has 1 radical (unpaired) electrons. The monoisotopic (exact) mass is 641 g/mol. The van der Waals surface area contributed by atoms with Gasteiger partial charge in [-0.25, -0.2) is 4.79 Å². The molecule has 0 aromatic carbocycles. The molecule has 1 heterocycles. The summed E-state index contributed by atoms with van der Waals surface area (Å²) in [4.78, 5) is 10.8. The normalized spacial score (nSPS) is 8.53. The van der Waals surface area contributed by atoms with Crippen LogP contribution in [0.15, 0.2) is 9.32 Å². The fraction of sp³-hybridized carbons (Fsp3) is 0.500. The molecule has 1 aromatic heterocycles. The molecule has 0 amide bonds. The van der Waals surface area contributed by atoms with Crippen LogP contribution in [-0.4, -0.2) is 9.72 Å². The van der Waals surface area contributed by atoms with E-state index in [0.29, 0.717) is 11.7 Å². The predicted octanol–water partition coefficient (Wildman–Crippen LogP) is 0.781. The SMILES string of the molecule is CC(C)[CH-][CH-]c1noc(=O)n1C.[U].[V].[W]. The minimum Gasteiger partial charge on any atom is -0.482 e. The largest absolute Gasteiger partial charge is 0.482 e. The molecule has 0 fully saturated rings. The number of rotatable bonds is 3. The molecular formula is C8H12N2O2UVW-2. The van der Waals surface area contributed by atoms with E-state index in [0.717, 1.165) is 0 Å². The molecule has 0 aliphatic heterocycles. The molecule has 0 unspecified atom stereocenters. The minimum atomic E-state index is -0.432. The summed E-state index contributed by atoms with van der Waals surface area (Å²) in [7, 11) is 1.62. The summed E-state index contributed by atoms with van der Waals surface area (Å²) < 4.78 is 5.79. The average molecular weight is 641 g/mol. The zero-order chi connectivity index (χ0) is 9.14. The molecule has 83 valence electrons. The van der Waals surface area contributed by atoms with Crippen molar-refractivity contribution < 1.29 is 75.3 Å². The third-order valence-electron chi connectivity index (χ3n) is 1.46. The van der Waals surface area contributed by atoms with Crippen molar-refractivity contribution >= 4 is 0 Å². The van der Waals surface area contributed by atoms with Gasteiger partial charge < -0.3 is 12.8 Å². The summed E-state index contributed by atoms with van der Waals surface area (Å²) in [5.74, 6) is 0.559. The van der Waals surface area contributed by atoms with Gasteiger partial charge in [0.25, 0.3) is 0 Å². The zero-order valence-corrected chi connectivity index (χ0v) is 17.3. The first kappa shape index (κ1) is 21.4. The van der Waals surface area contributed by atoms with Crippen LogP contribution in [0.4, 0.5) is 0 Å². The summed E-state index contributed by atoms with van der Waals surface area (Å²) in [5.41, 5.74) is 0. The second-order valence-electron chi connectivity index (χ2n) is 2.97. The maximum atomic E-state index is 10.8. The van der Waals surface area contributed by atoms with Gasteiger partial charge in [-0.3, -0.25) is 9.09 Å². The standard InChI is InChI=1S/C8H12N2O2.U.V.W/c1-6(2)4-5-7-9-12-8(11)10(7)3;;;/h4-6H,1-3H3;;;/q-2;;;. The Balaban J connectivity index is -0.000000480. The van der Waals surface area contributed by atoms with Gasteiger partial charge in [-0.2, -0.15) is 5.92 Å². The van der Waals surface area contributed by atoms with Crippen molar-refractivity contribution in [2.24, 2.45) is 13.0 Å². The van der Waals surface area contributed by atoms with Crippen LogP contribution in [0, 0.1) is 49.9 Å². The molecule has 15 heavy (non-hydrogen) atoms. The Morgan fingerprint density at radius 1 is 1.47 bits per heavy atom. The third kappa shape index (κ3) is 7.13. The Morgan fingerprint density at radius 2 is 2.00 bits per heavy atom. The molecule has 0 saturated heterocycles. The summed E-state index contributed by atoms with van der Waals surface area (Å²) in [6, 6.07) is 0. The van der Waals surface area contributed by atoms with Gasteiger partial charge in [0.15, 0.2) is 0 Å². The van der Waals surface area contributed by atoms with E-state index in [1.807, 2.05) is 6.42 Å². The molecule has 0 atom stereocenters. The van der Waals surface area contributed by atoms with Gasteiger partial charge in [-0.15, -0.1) is 0 Å². The molecule has 0 aliphatic rings. The van der Waals surface area contributed by atoms with E-state index in [4.69, 9.17) is 0 Å². The molecular weight excluding hydrogens is 629 g/mol. The van der Waals surface area contributed by atoms with E-state index in [9.17, 15) is 4.79 Å². The number of nitrogens with zero attached hydrogens (tertiary/aromatic N) is 2. The molecule has 1 aromatic rings. The third-order valence-corrected chi connectivity index (χ3v) is 1.46. The summed E-state index contributed by atoms with van der Waals surface area (Å²) in [6.45, 7) is 4.10. The molecule has 0 N–H and O–H groups in total. The van der Waals surface area contributed by atoms with Crippen molar-refractivity contribution in [3.05, 3.63) is 29.2 Å². The van der Waals surface area contributed by atoms with Gasteiger partial charge in [0.1, 0.15) is 0 Å². The van der Waals surface area contributed by atoms with Crippen LogP contribution in [0.1, 0.15) is 19.7 Å². The van der Waals surface area contributed by atoms with Crippen molar-refractivity contribution in [3.8, 4) is 0 Å². The van der Waals surface area contributed by atoms with Gasteiger partial charge in [-0.05, 0) is 5.82 Å². The first-order valence-corrected chi connectivity index (χ1v) is 3.82. The van der Waals surface area contributed by atoms with Crippen molar-refractivity contribution in [2.45, 2.75) is 13.8 Å². The van der Waals surface area contributed by atoms with Gasteiger partial charge in [0.2, 0.25) is 0 Å². The second kappa shape index (κ2) is 10.3. The molecule has 7 heteroatoms. The van der Waals surface area contributed by atoms with E-state index in [2.05, 4.69) is 23.5 Å². The maximum Gasteiger partial charge on any atom is 0.439 e. The Bertz CT molecular complexity index is 314. The average Bonchev–Trinajstić information content (AvgIpc) is 2.30. The van der Waals surface area contributed by atoms with E-state index in [-0.39, 0.29) is 70.7 Å². The molecule has 0 spiro atoms. The maximum absolute atomic E-state index is 10.8. The smallest absolute Gasteiger partial charge is 0.439 e. The second-order valence-corrected chi connectivity index (χ2v) is 2.97. The van der Waals surface area contributed by atoms with Gasteiger partial charge >= 0.3 is 5.76 Å². The van der Waals surface area contributed by atoms with Crippen LogP contribution in [0.5, 0.6) is 0 Å². The Kier molecular flexibility index (Phi) is 14.7. The molecule has 0 aliphatic carbocycles. The van der Waals surface area contributed by atoms with Crippen LogP contribution in [0.3, 0.4) is 0 Å². The van der Waals surface area contributed by atoms with Gasteiger partial charge in [0.05, 0.1) is 0 Å². The Labute approximate surface area is 139 Å². The Morgan fingerprint density at radius 3 is 2.33 bits per heavy atom. The van der Waals surface area contributed by atoms with Crippen LogP contribution in [0.25, 0.3) is 0 Å². The fourth-order valence-electron chi connectivity index (χ4n) is 0.723. The molecule has 4 nitrogen and oxygen atoms in total. The Hall–Kier alpha value is 1.13. The van der Waals surface area contributed by atoms with Crippen LogP contribution in [0.2, 0.25) is 0 Å². The topological polar surface area (TPSA) is 48.0 Å². The molecule has 1 rings (SSSR count). The quantitative estimate of drug-likeness (QED) is 0.460. The van der Waals surface area contributed by atoms with Crippen molar-refractivity contribution in [3.63, 3.8) is 0 Å². The van der Waals surface area contributed by atoms with E-state index < -0.39 is 5.76 Å². The summed E-state index contributed by atoms with van der Waals surface area (Å²) in [6.07, 6.45) is 3.73. The van der Waals surface area contributed by atoms with Gasteiger partial charge in [-0.1, -0.05) is 19.0 Å². The first-order chi connectivity index (χ1) is 5.61. The van der Waals surface area contributed by atoms with E-state index in [1.54, 1.807) is 13.5 Å². The van der Waals surface area contributed by atoms with Crippen molar-refractivity contribution in [2.75, 3.05) is 0 Å². The van der Waals surface area contributed by atoms with E-state index >= 15 is 0 Å². The minimum absolute atomic E-state index is 0. The predicted molar refractivity (Wildman–Crippen MR) is 44.3 cm³/mol. The number of hydrogen-bond acceptors (Lipinski definition) is 3. The molecule has 0 bridgehead atoms. The fourth-order valence-corrected chi connectivity index (χ4v) is 0.723. The van der Waals surface area contributed by atoms with Crippen molar-refractivity contribution in [1.29, 1.82) is 0 Å². The number of hydrogen-bond donors (Lipinski definition) is 0. The van der Waals surface area contributed by atoms with Crippen molar-refractivity contribution in [1.82, 2.24) is 9.72 Å². The summed E-state index contributed by atoms with van der Waals surface area (Å²) >= 11 is 0. The van der Waals surface area contributed by atoms with Crippen LogP contribution >= 0.6 is 0 Å².